The predicted octanol–water partition coefficient (Wildman–Crippen LogP) is 2.32. The average Bonchev–Trinajstić information content (AvgIpc) is 2.90. The minimum atomic E-state index is 0.541. The molecule has 1 aliphatic rings. The number of piperidine rings is 1. The maximum absolute atomic E-state index is 4.38. The van der Waals surface area contributed by atoms with E-state index in [9.17, 15) is 0 Å². The minimum absolute atomic E-state index is 0.541. The highest BCUT2D eigenvalue weighted by molar-refractivity contribution is 7.09. The standard InChI is InChI=1S/C13H23N3S/c1-3-16-7-4-12(5-8-16)15-10-11(2)13-14-6-9-17-13/h6,9,11-12,15H,3-5,7-8,10H2,1-2H3. The van der Waals surface area contributed by atoms with Gasteiger partial charge in [0.05, 0.1) is 5.01 Å². The molecule has 4 heteroatoms. The van der Waals surface area contributed by atoms with Crippen molar-refractivity contribution in [3.63, 3.8) is 0 Å². The van der Waals surface area contributed by atoms with E-state index in [1.54, 1.807) is 11.3 Å². The molecule has 96 valence electrons. The molecule has 1 atom stereocenters. The number of aromatic nitrogens is 1. The smallest absolute Gasteiger partial charge is 0.0965 e. The quantitative estimate of drug-likeness (QED) is 0.873. The molecule has 0 radical (unpaired) electrons. The Bertz CT molecular complexity index is 304. The predicted molar refractivity (Wildman–Crippen MR) is 73.7 cm³/mol. The normalized spacial score (nSPS) is 20.6. The summed E-state index contributed by atoms with van der Waals surface area (Å²) in [5.41, 5.74) is 0. The van der Waals surface area contributed by atoms with E-state index >= 15 is 0 Å². The Kier molecular flexibility index (Phi) is 4.95. The number of nitrogens with one attached hydrogen (secondary N) is 1. The van der Waals surface area contributed by atoms with Crippen LogP contribution < -0.4 is 5.32 Å². The van der Waals surface area contributed by atoms with Gasteiger partial charge >= 0.3 is 0 Å². The van der Waals surface area contributed by atoms with Crippen LogP contribution in [0.3, 0.4) is 0 Å². The third-order valence-corrected chi connectivity index (χ3v) is 4.63. The summed E-state index contributed by atoms with van der Waals surface area (Å²) in [6, 6.07) is 0.709. The van der Waals surface area contributed by atoms with Gasteiger partial charge in [0, 0.05) is 30.1 Å². The summed E-state index contributed by atoms with van der Waals surface area (Å²) in [5, 5.41) is 7.01. The second-order valence-corrected chi connectivity index (χ2v) is 5.81. The third-order valence-electron chi connectivity index (χ3n) is 3.62. The van der Waals surface area contributed by atoms with Crippen molar-refractivity contribution in [2.24, 2.45) is 0 Å². The molecule has 3 nitrogen and oxygen atoms in total. The number of hydrogen-bond acceptors (Lipinski definition) is 4. The van der Waals surface area contributed by atoms with Gasteiger partial charge in [-0.05, 0) is 32.5 Å². The lowest BCUT2D eigenvalue weighted by molar-refractivity contribution is 0.205. The second-order valence-electron chi connectivity index (χ2n) is 4.89. The van der Waals surface area contributed by atoms with E-state index in [0.29, 0.717) is 12.0 Å². The van der Waals surface area contributed by atoms with E-state index in [0.717, 1.165) is 6.54 Å². The van der Waals surface area contributed by atoms with Crippen LogP contribution in [-0.4, -0.2) is 42.1 Å². The average molecular weight is 253 g/mol. The van der Waals surface area contributed by atoms with Crippen LogP contribution in [0, 0.1) is 0 Å². The van der Waals surface area contributed by atoms with E-state index in [-0.39, 0.29) is 0 Å². The Balaban J connectivity index is 1.69. The van der Waals surface area contributed by atoms with Crippen molar-refractivity contribution in [1.29, 1.82) is 0 Å². The molecule has 1 aliphatic heterocycles. The molecule has 0 saturated carbocycles. The fraction of sp³-hybridized carbons (Fsp3) is 0.769. The number of hydrogen-bond donors (Lipinski definition) is 1. The molecular weight excluding hydrogens is 230 g/mol. The molecular formula is C13H23N3S. The van der Waals surface area contributed by atoms with Crippen LogP contribution >= 0.6 is 11.3 Å². The molecule has 0 aromatic carbocycles. The van der Waals surface area contributed by atoms with Crippen LogP contribution in [0.4, 0.5) is 0 Å². The first kappa shape index (κ1) is 13.0. The van der Waals surface area contributed by atoms with Crippen molar-refractivity contribution in [2.45, 2.75) is 38.6 Å². The monoisotopic (exact) mass is 253 g/mol. The van der Waals surface area contributed by atoms with Crippen LogP contribution in [0.5, 0.6) is 0 Å². The van der Waals surface area contributed by atoms with Gasteiger partial charge in [0.25, 0.3) is 0 Å². The topological polar surface area (TPSA) is 28.2 Å². The Labute approximate surface area is 108 Å². The molecule has 1 fully saturated rings. The van der Waals surface area contributed by atoms with Crippen LogP contribution in [0.15, 0.2) is 11.6 Å². The lowest BCUT2D eigenvalue weighted by Crippen LogP contribution is -2.43. The van der Waals surface area contributed by atoms with Gasteiger partial charge in [-0.1, -0.05) is 13.8 Å². The van der Waals surface area contributed by atoms with E-state index in [4.69, 9.17) is 0 Å². The Morgan fingerprint density at radius 1 is 1.53 bits per heavy atom. The molecule has 1 N–H and O–H groups in total. The SMILES string of the molecule is CCN1CCC(NCC(C)c2nccs2)CC1. The highest BCUT2D eigenvalue weighted by Gasteiger charge is 2.18. The first-order chi connectivity index (χ1) is 8.29. The zero-order valence-corrected chi connectivity index (χ0v) is 11.7. The largest absolute Gasteiger partial charge is 0.313 e. The molecule has 17 heavy (non-hydrogen) atoms. The maximum atomic E-state index is 4.38. The van der Waals surface area contributed by atoms with Gasteiger partial charge in [0.1, 0.15) is 0 Å². The molecule has 1 aromatic heterocycles. The highest BCUT2D eigenvalue weighted by Crippen LogP contribution is 2.17. The molecule has 0 aliphatic carbocycles. The number of nitrogens with zero attached hydrogens (tertiary/aromatic N) is 2. The van der Waals surface area contributed by atoms with Crippen molar-refractivity contribution in [3.05, 3.63) is 16.6 Å². The first-order valence-corrected chi connectivity index (χ1v) is 7.52. The Morgan fingerprint density at radius 3 is 2.88 bits per heavy atom. The summed E-state index contributed by atoms with van der Waals surface area (Å²) < 4.78 is 0. The van der Waals surface area contributed by atoms with Crippen molar-refractivity contribution in [3.8, 4) is 0 Å². The first-order valence-electron chi connectivity index (χ1n) is 6.64. The van der Waals surface area contributed by atoms with Crippen LogP contribution in [-0.2, 0) is 0 Å². The highest BCUT2D eigenvalue weighted by atomic mass is 32.1. The lowest BCUT2D eigenvalue weighted by Gasteiger charge is -2.32. The number of likely N-dealkylation sites (tertiary alicyclic amines) is 1. The summed E-state index contributed by atoms with van der Waals surface area (Å²) >= 11 is 1.76. The van der Waals surface area contributed by atoms with E-state index in [1.807, 2.05) is 6.20 Å². The fourth-order valence-corrected chi connectivity index (χ4v) is 3.06. The Morgan fingerprint density at radius 2 is 2.29 bits per heavy atom. The number of thiazole rings is 1. The molecule has 0 amide bonds. The summed E-state index contributed by atoms with van der Waals surface area (Å²) in [6.45, 7) is 9.26. The zero-order chi connectivity index (χ0) is 12.1. The fourth-order valence-electron chi connectivity index (χ4n) is 2.36. The molecule has 2 heterocycles. The van der Waals surface area contributed by atoms with Gasteiger partial charge in [-0.25, -0.2) is 4.98 Å². The van der Waals surface area contributed by atoms with Gasteiger partial charge in [0.15, 0.2) is 0 Å². The van der Waals surface area contributed by atoms with Crippen molar-refractivity contribution in [1.82, 2.24) is 15.2 Å². The van der Waals surface area contributed by atoms with Gasteiger partial charge in [-0.3, -0.25) is 0 Å². The zero-order valence-electron chi connectivity index (χ0n) is 10.9. The van der Waals surface area contributed by atoms with Crippen LogP contribution in [0.2, 0.25) is 0 Å². The second kappa shape index (κ2) is 6.47. The minimum Gasteiger partial charge on any atom is -0.313 e. The molecule has 1 saturated heterocycles. The lowest BCUT2D eigenvalue weighted by atomic mass is 10.0. The van der Waals surface area contributed by atoms with Gasteiger partial charge in [-0.15, -0.1) is 11.3 Å². The van der Waals surface area contributed by atoms with Crippen molar-refractivity contribution in [2.75, 3.05) is 26.2 Å². The van der Waals surface area contributed by atoms with Crippen LogP contribution in [0.1, 0.15) is 37.6 Å². The van der Waals surface area contributed by atoms with E-state index in [1.165, 1.54) is 37.5 Å². The molecule has 0 spiro atoms. The van der Waals surface area contributed by atoms with Gasteiger partial charge < -0.3 is 10.2 Å². The van der Waals surface area contributed by atoms with Crippen LogP contribution in [0.25, 0.3) is 0 Å². The number of rotatable bonds is 5. The maximum Gasteiger partial charge on any atom is 0.0965 e. The summed E-state index contributed by atoms with van der Waals surface area (Å²) in [5.74, 6) is 0.541. The molecule has 0 bridgehead atoms. The van der Waals surface area contributed by atoms with E-state index < -0.39 is 0 Å². The third kappa shape index (κ3) is 3.76. The summed E-state index contributed by atoms with van der Waals surface area (Å²) in [4.78, 5) is 6.91. The van der Waals surface area contributed by atoms with E-state index in [2.05, 4.69) is 34.4 Å². The summed E-state index contributed by atoms with van der Waals surface area (Å²) in [7, 11) is 0. The van der Waals surface area contributed by atoms with Crippen molar-refractivity contribution < 1.29 is 0 Å². The molecule has 1 aromatic rings. The van der Waals surface area contributed by atoms with Crippen molar-refractivity contribution >= 4 is 11.3 Å². The summed E-state index contributed by atoms with van der Waals surface area (Å²) in [6.07, 6.45) is 4.48. The molecule has 2 rings (SSSR count). The van der Waals surface area contributed by atoms with Gasteiger partial charge in [-0.2, -0.15) is 0 Å². The molecule has 1 unspecified atom stereocenters. The Hall–Kier alpha value is -0.450. The van der Waals surface area contributed by atoms with Gasteiger partial charge in [0.2, 0.25) is 0 Å².